The third-order valence-corrected chi connectivity index (χ3v) is 4.25. The van der Waals surface area contributed by atoms with Gasteiger partial charge in [-0.2, -0.15) is 34.8 Å². The average Bonchev–Trinajstić information content (AvgIpc) is 1.90. The number of nitrogens with one attached hydrogen (secondary N) is 1. The molecule has 0 unspecified atom stereocenters. The van der Waals surface area contributed by atoms with Crippen molar-refractivity contribution in [3.05, 3.63) is 0 Å². The van der Waals surface area contributed by atoms with E-state index in [0.717, 1.165) is 17.8 Å². The third kappa shape index (κ3) is 6.57. The van der Waals surface area contributed by atoms with Gasteiger partial charge in [-0.1, -0.05) is 0 Å². The Morgan fingerprint density at radius 1 is 1.06 bits per heavy atom. The maximum Gasteiger partial charge on any atom is 0.425 e. The number of rotatable bonds is 4. The van der Waals surface area contributed by atoms with Gasteiger partial charge in [0, 0.05) is 13.3 Å². The number of halogens is 6. The zero-order valence-corrected chi connectivity index (χ0v) is 10.5. The topological polar surface area (TPSA) is 72.5 Å². The summed E-state index contributed by atoms with van der Waals surface area (Å²) in [5.41, 5.74) is 0. The molecule has 0 saturated carbocycles. The van der Waals surface area contributed by atoms with Crippen molar-refractivity contribution in [2.45, 2.75) is 18.5 Å². The zero-order valence-electron chi connectivity index (χ0n) is 8.83. The molecule has 0 amide bonds. The normalized spacial score (nSPS) is 15.2. The van der Waals surface area contributed by atoms with E-state index in [1.807, 2.05) is 0 Å². The molecule has 0 saturated heterocycles. The summed E-state index contributed by atoms with van der Waals surface area (Å²) in [5.74, 6) is 0. The first kappa shape index (κ1) is 17.7. The molecule has 0 radical (unpaired) electrons. The molecule has 0 aromatic rings. The van der Waals surface area contributed by atoms with E-state index in [9.17, 15) is 39.3 Å². The second-order valence-electron chi connectivity index (χ2n) is 3.46. The largest absolute Gasteiger partial charge is 0.425 e. The fourth-order valence-corrected chi connectivity index (χ4v) is 3.51. The SMILES string of the molecule is CP(C)(=O)NS(=O)(=O)OC(C(F)(F)F)C(F)(F)F. The summed E-state index contributed by atoms with van der Waals surface area (Å²) in [5, 5.41) is 0. The molecule has 0 spiro atoms. The van der Waals surface area contributed by atoms with Crippen molar-refractivity contribution in [2.75, 3.05) is 13.3 Å². The van der Waals surface area contributed by atoms with Crippen molar-refractivity contribution in [3.8, 4) is 0 Å². The van der Waals surface area contributed by atoms with Crippen LogP contribution in [0.25, 0.3) is 0 Å². The van der Waals surface area contributed by atoms with Gasteiger partial charge in [0.15, 0.2) is 7.29 Å². The van der Waals surface area contributed by atoms with Gasteiger partial charge in [0.25, 0.3) is 6.10 Å². The summed E-state index contributed by atoms with van der Waals surface area (Å²) in [7, 11) is -9.10. The van der Waals surface area contributed by atoms with Gasteiger partial charge in [0.2, 0.25) is 0 Å². The van der Waals surface area contributed by atoms with Crippen LogP contribution < -0.4 is 4.49 Å². The van der Waals surface area contributed by atoms with Gasteiger partial charge < -0.3 is 4.57 Å². The van der Waals surface area contributed by atoms with Crippen LogP contribution in [-0.4, -0.2) is 40.2 Å². The summed E-state index contributed by atoms with van der Waals surface area (Å²) in [6.07, 6.45) is -16.5. The molecule has 5 nitrogen and oxygen atoms in total. The lowest BCUT2D eigenvalue weighted by molar-refractivity contribution is -0.299. The maximum absolute atomic E-state index is 12.0. The summed E-state index contributed by atoms with van der Waals surface area (Å²) in [6, 6.07) is 0. The molecule has 0 aliphatic heterocycles. The van der Waals surface area contributed by atoms with Crippen LogP contribution in [0.1, 0.15) is 0 Å². The van der Waals surface area contributed by atoms with Crippen molar-refractivity contribution >= 4 is 17.6 Å². The smallest absolute Gasteiger partial charge is 0.306 e. The molecule has 0 aromatic carbocycles. The van der Waals surface area contributed by atoms with Gasteiger partial charge >= 0.3 is 22.7 Å². The predicted octanol–water partition coefficient (Wildman–Crippen LogP) is 1.87. The molecule has 0 rings (SSSR count). The standard InChI is InChI=1S/C5H8F6NO4PS/c1-17(2,13)12-18(14,15)16-3(4(6,7)8)5(9,10)11/h3H,1-2H3,(H,12,13). The lowest BCUT2D eigenvalue weighted by Gasteiger charge is -2.23. The zero-order chi connectivity index (χ0) is 15.0. The van der Waals surface area contributed by atoms with Crippen LogP contribution in [0.5, 0.6) is 0 Å². The Labute approximate surface area is 98.2 Å². The maximum atomic E-state index is 12.0. The quantitative estimate of drug-likeness (QED) is 0.633. The highest BCUT2D eigenvalue weighted by molar-refractivity contribution is 7.92. The van der Waals surface area contributed by atoms with Crippen LogP contribution in [0.4, 0.5) is 26.3 Å². The summed E-state index contributed by atoms with van der Waals surface area (Å²) >= 11 is 0. The van der Waals surface area contributed by atoms with Gasteiger partial charge in [-0.15, -0.1) is 4.49 Å². The van der Waals surface area contributed by atoms with Gasteiger partial charge in [0.05, 0.1) is 0 Å². The van der Waals surface area contributed by atoms with E-state index in [1.54, 1.807) is 0 Å². The highest BCUT2D eigenvalue weighted by Gasteiger charge is 2.60. The van der Waals surface area contributed by atoms with E-state index in [2.05, 4.69) is 4.18 Å². The Balaban J connectivity index is 5.21. The molecule has 110 valence electrons. The Bertz CT molecular complexity index is 422. The van der Waals surface area contributed by atoms with Crippen molar-refractivity contribution in [2.24, 2.45) is 0 Å². The van der Waals surface area contributed by atoms with Crippen molar-refractivity contribution in [1.29, 1.82) is 0 Å². The van der Waals surface area contributed by atoms with Crippen molar-refractivity contribution < 1.29 is 43.5 Å². The molecule has 0 heterocycles. The van der Waals surface area contributed by atoms with E-state index in [0.29, 0.717) is 0 Å². The number of alkyl halides is 6. The monoisotopic (exact) mass is 323 g/mol. The van der Waals surface area contributed by atoms with Crippen LogP contribution in [0.3, 0.4) is 0 Å². The highest BCUT2D eigenvalue weighted by atomic mass is 32.2. The van der Waals surface area contributed by atoms with Crippen LogP contribution in [0, 0.1) is 0 Å². The van der Waals surface area contributed by atoms with Crippen LogP contribution in [0.2, 0.25) is 0 Å². The lowest BCUT2D eigenvalue weighted by atomic mass is 10.3. The second-order valence-corrected chi connectivity index (χ2v) is 7.99. The van der Waals surface area contributed by atoms with Crippen molar-refractivity contribution in [1.82, 2.24) is 4.49 Å². The number of hydrogen-bond donors (Lipinski definition) is 1. The summed E-state index contributed by atoms with van der Waals surface area (Å²) < 4.78 is 109. The molecule has 0 fully saturated rings. The fourth-order valence-electron chi connectivity index (χ4n) is 0.712. The first-order chi connectivity index (χ1) is 7.55. The Morgan fingerprint density at radius 3 is 1.61 bits per heavy atom. The minimum atomic E-state index is -5.97. The second kappa shape index (κ2) is 4.99. The molecule has 18 heavy (non-hydrogen) atoms. The minimum absolute atomic E-state index is 0.782. The Morgan fingerprint density at radius 2 is 1.39 bits per heavy atom. The van der Waals surface area contributed by atoms with E-state index in [4.69, 9.17) is 0 Å². The first-order valence-corrected chi connectivity index (χ1v) is 7.96. The van der Waals surface area contributed by atoms with Gasteiger partial charge in [-0.3, -0.25) is 0 Å². The van der Waals surface area contributed by atoms with Gasteiger partial charge in [0.1, 0.15) is 0 Å². The summed E-state index contributed by atoms with van der Waals surface area (Å²) in [4.78, 5) is 0. The minimum Gasteiger partial charge on any atom is -0.306 e. The van der Waals surface area contributed by atoms with Gasteiger partial charge in [-0.05, 0) is 0 Å². The van der Waals surface area contributed by atoms with E-state index < -0.39 is 36.1 Å². The van der Waals surface area contributed by atoms with E-state index >= 15 is 0 Å². The van der Waals surface area contributed by atoms with E-state index in [1.165, 1.54) is 0 Å². The van der Waals surface area contributed by atoms with Crippen LogP contribution in [0.15, 0.2) is 0 Å². The predicted molar refractivity (Wildman–Crippen MR) is 48.5 cm³/mol. The molecule has 13 heteroatoms. The van der Waals surface area contributed by atoms with Crippen LogP contribution in [-0.2, 0) is 19.1 Å². The number of hydrogen-bond acceptors (Lipinski definition) is 4. The molecular formula is C5H8F6NO4PS. The molecule has 0 bridgehead atoms. The Kier molecular flexibility index (Phi) is 4.90. The third-order valence-electron chi connectivity index (χ3n) is 1.15. The lowest BCUT2D eigenvalue weighted by Crippen LogP contribution is -2.47. The molecule has 0 aliphatic carbocycles. The first-order valence-electron chi connectivity index (χ1n) is 3.95. The average molecular weight is 323 g/mol. The molecule has 0 aromatic heterocycles. The fraction of sp³-hybridized carbons (Fsp3) is 1.00. The van der Waals surface area contributed by atoms with Crippen LogP contribution >= 0.6 is 7.29 Å². The molecular weight excluding hydrogens is 315 g/mol. The highest BCUT2D eigenvalue weighted by Crippen LogP contribution is 2.38. The summed E-state index contributed by atoms with van der Waals surface area (Å²) in [6.45, 7) is 1.56. The van der Waals surface area contributed by atoms with E-state index in [-0.39, 0.29) is 0 Å². The molecule has 1 N–H and O–H groups in total. The molecule has 0 aliphatic rings. The Hall–Kier alpha value is -0.320. The molecule has 0 atom stereocenters. The van der Waals surface area contributed by atoms with Gasteiger partial charge in [-0.25, -0.2) is 4.18 Å². The van der Waals surface area contributed by atoms with Crippen molar-refractivity contribution in [3.63, 3.8) is 0 Å².